The average molecular weight is 184 g/mol. The number of aryl methyl sites for hydroxylation is 1. The van der Waals surface area contributed by atoms with Crippen molar-refractivity contribution in [1.29, 1.82) is 0 Å². The molecule has 5 nitrogen and oxygen atoms in total. The second kappa shape index (κ2) is 4.94. The maximum Gasteiger partial charge on any atom is 0.151 e. The lowest BCUT2D eigenvalue weighted by atomic mass is 10.3. The summed E-state index contributed by atoms with van der Waals surface area (Å²) in [7, 11) is 1.85. The maximum atomic E-state index is 8.96. The molecule has 1 aromatic rings. The van der Waals surface area contributed by atoms with Crippen LogP contribution in [0.4, 0.5) is 0 Å². The summed E-state index contributed by atoms with van der Waals surface area (Å²) in [6.07, 6.45) is 2.19. The van der Waals surface area contributed by atoms with Crippen molar-refractivity contribution in [2.45, 2.75) is 19.4 Å². The van der Waals surface area contributed by atoms with Gasteiger partial charge in [-0.15, -0.1) is 0 Å². The summed E-state index contributed by atoms with van der Waals surface area (Å²) in [6.45, 7) is 3.17. The lowest BCUT2D eigenvalue weighted by Gasteiger charge is -2.04. The molecule has 0 aliphatic rings. The zero-order chi connectivity index (χ0) is 9.68. The Bertz CT molecular complexity index is 246. The predicted molar refractivity (Wildman–Crippen MR) is 49.3 cm³/mol. The third-order valence-electron chi connectivity index (χ3n) is 1.61. The average Bonchev–Trinajstić information content (AvgIpc) is 2.45. The van der Waals surface area contributed by atoms with Crippen LogP contribution < -0.4 is 5.32 Å². The van der Waals surface area contributed by atoms with Gasteiger partial charge in [0.05, 0.1) is 6.10 Å². The third-order valence-corrected chi connectivity index (χ3v) is 1.61. The van der Waals surface area contributed by atoms with Crippen LogP contribution in [0.25, 0.3) is 0 Å². The van der Waals surface area contributed by atoms with E-state index in [9.17, 15) is 0 Å². The van der Waals surface area contributed by atoms with Crippen molar-refractivity contribution in [2.24, 2.45) is 7.05 Å². The lowest BCUT2D eigenvalue weighted by Crippen LogP contribution is -2.26. The molecular weight excluding hydrogens is 168 g/mol. The molecule has 0 fully saturated rings. The van der Waals surface area contributed by atoms with Crippen molar-refractivity contribution >= 4 is 0 Å². The number of aromatic nitrogens is 3. The minimum Gasteiger partial charge on any atom is -0.392 e. The summed E-state index contributed by atoms with van der Waals surface area (Å²) in [5, 5.41) is 16.2. The number of nitrogens with one attached hydrogen (secondary N) is 1. The molecule has 1 aromatic heterocycles. The van der Waals surface area contributed by atoms with Crippen LogP contribution >= 0.6 is 0 Å². The summed E-state index contributed by atoms with van der Waals surface area (Å²) in [4.78, 5) is 4.08. The predicted octanol–water partition coefficient (Wildman–Crippen LogP) is -0.672. The van der Waals surface area contributed by atoms with Crippen LogP contribution in [0.15, 0.2) is 6.33 Å². The number of rotatable bonds is 5. The number of nitrogens with zero attached hydrogens (tertiary/aromatic N) is 3. The first-order valence-corrected chi connectivity index (χ1v) is 4.42. The normalized spacial score (nSPS) is 13.2. The van der Waals surface area contributed by atoms with Crippen molar-refractivity contribution < 1.29 is 5.11 Å². The van der Waals surface area contributed by atoms with E-state index < -0.39 is 0 Å². The van der Waals surface area contributed by atoms with Crippen LogP contribution in [-0.2, 0) is 13.5 Å². The fourth-order valence-corrected chi connectivity index (χ4v) is 1.01. The van der Waals surface area contributed by atoms with Crippen molar-refractivity contribution in [1.82, 2.24) is 20.1 Å². The largest absolute Gasteiger partial charge is 0.392 e. The van der Waals surface area contributed by atoms with E-state index in [0.29, 0.717) is 6.54 Å². The van der Waals surface area contributed by atoms with Crippen LogP contribution in [0.2, 0.25) is 0 Å². The van der Waals surface area contributed by atoms with Gasteiger partial charge in [0.2, 0.25) is 0 Å². The second-order valence-corrected chi connectivity index (χ2v) is 3.14. The molecule has 13 heavy (non-hydrogen) atoms. The molecule has 1 heterocycles. The first-order valence-electron chi connectivity index (χ1n) is 4.42. The zero-order valence-corrected chi connectivity index (χ0v) is 8.06. The zero-order valence-electron chi connectivity index (χ0n) is 8.06. The highest BCUT2D eigenvalue weighted by molar-refractivity contribution is 4.81. The van der Waals surface area contributed by atoms with Gasteiger partial charge in [0, 0.05) is 26.6 Å². The monoisotopic (exact) mass is 184 g/mol. The van der Waals surface area contributed by atoms with Gasteiger partial charge in [0.25, 0.3) is 0 Å². The third kappa shape index (κ3) is 4.00. The van der Waals surface area contributed by atoms with E-state index in [1.807, 2.05) is 7.05 Å². The smallest absolute Gasteiger partial charge is 0.151 e. The molecule has 0 unspecified atom stereocenters. The van der Waals surface area contributed by atoms with Crippen LogP contribution in [0.5, 0.6) is 0 Å². The first kappa shape index (κ1) is 10.1. The van der Waals surface area contributed by atoms with Gasteiger partial charge in [-0.1, -0.05) is 0 Å². The highest BCUT2D eigenvalue weighted by Crippen LogP contribution is 1.88. The van der Waals surface area contributed by atoms with Gasteiger partial charge >= 0.3 is 0 Å². The number of hydrogen-bond acceptors (Lipinski definition) is 4. The molecule has 0 radical (unpaired) electrons. The molecule has 0 saturated heterocycles. The van der Waals surface area contributed by atoms with Crippen molar-refractivity contribution in [3.8, 4) is 0 Å². The quantitative estimate of drug-likeness (QED) is 0.596. The SMILES string of the molecule is C[C@@H](O)CNCCc1ncn(C)n1. The Morgan fingerprint density at radius 3 is 3.00 bits per heavy atom. The minimum absolute atomic E-state index is 0.295. The summed E-state index contributed by atoms with van der Waals surface area (Å²) in [5.41, 5.74) is 0. The van der Waals surface area contributed by atoms with Crippen LogP contribution in [-0.4, -0.2) is 39.1 Å². The molecule has 0 aromatic carbocycles. The molecule has 1 rings (SSSR count). The lowest BCUT2D eigenvalue weighted by molar-refractivity contribution is 0.191. The Morgan fingerprint density at radius 1 is 1.69 bits per heavy atom. The van der Waals surface area contributed by atoms with Gasteiger partial charge in [0.15, 0.2) is 5.82 Å². The van der Waals surface area contributed by atoms with E-state index in [2.05, 4.69) is 15.4 Å². The van der Waals surface area contributed by atoms with E-state index in [0.717, 1.165) is 18.8 Å². The van der Waals surface area contributed by atoms with E-state index in [4.69, 9.17) is 5.11 Å². The minimum atomic E-state index is -0.295. The van der Waals surface area contributed by atoms with Crippen molar-refractivity contribution in [2.75, 3.05) is 13.1 Å². The topological polar surface area (TPSA) is 63.0 Å². The summed E-state index contributed by atoms with van der Waals surface area (Å²) in [6, 6.07) is 0. The molecule has 0 amide bonds. The molecular formula is C8H16N4O. The van der Waals surface area contributed by atoms with E-state index in [-0.39, 0.29) is 6.10 Å². The Hall–Kier alpha value is -0.940. The molecule has 0 bridgehead atoms. The van der Waals surface area contributed by atoms with Crippen LogP contribution in [0.1, 0.15) is 12.7 Å². The molecule has 2 N–H and O–H groups in total. The second-order valence-electron chi connectivity index (χ2n) is 3.14. The highest BCUT2D eigenvalue weighted by Gasteiger charge is 1.98. The fourth-order valence-electron chi connectivity index (χ4n) is 1.01. The molecule has 1 atom stereocenters. The van der Waals surface area contributed by atoms with Gasteiger partial charge in [-0.2, -0.15) is 5.10 Å². The number of aliphatic hydroxyl groups is 1. The van der Waals surface area contributed by atoms with Gasteiger partial charge in [0.1, 0.15) is 6.33 Å². The standard InChI is InChI=1S/C8H16N4O/c1-7(13)5-9-4-3-8-10-6-12(2)11-8/h6-7,9,13H,3-5H2,1-2H3/t7-/m1/s1. The van der Waals surface area contributed by atoms with E-state index >= 15 is 0 Å². The Kier molecular flexibility index (Phi) is 3.85. The van der Waals surface area contributed by atoms with Gasteiger partial charge in [-0.05, 0) is 6.92 Å². The Balaban J connectivity index is 2.13. The van der Waals surface area contributed by atoms with Crippen molar-refractivity contribution in [3.63, 3.8) is 0 Å². The molecule has 0 spiro atoms. The van der Waals surface area contributed by atoms with Gasteiger partial charge in [-0.3, -0.25) is 4.68 Å². The number of aliphatic hydroxyl groups excluding tert-OH is 1. The molecule has 0 aliphatic carbocycles. The van der Waals surface area contributed by atoms with Gasteiger partial charge in [-0.25, -0.2) is 4.98 Å². The Labute approximate surface area is 77.8 Å². The van der Waals surface area contributed by atoms with Gasteiger partial charge < -0.3 is 10.4 Å². The highest BCUT2D eigenvalue weighted by atomic mass is 16.3. The maximum absolute atomic E-state index is 8.96. The molecule has 0 aliphatic heterocycles. The summed E-state index contributed by atoms with van der Waals surface area (Å²) < 4.78 is 1.68. The van der Waals surface area contributed by atoms with Crippen molar-refractivity contribution in [3.05, 3.63) is 12.2 Å². The fraction of sp³-hybridized carbons (Fsp3) is 0.750. The molecule has 0 saturated carbocycles. The van der Waals surface area contributed by atoms with E-state index in [1.54, 1.807) is 17.9 Å². The Morgan fingerprint density at radius 2 is 2.46 bits per heavy atom. The van der Waals surface area contributed by atoms with Crippen LogP contribution in [0.3, 0.4) is 0 Å². The first-order chi connectivity index (χ1) is 6.18. The van der Waals surface area contributed by atoms with Crippen LogP contribution in [0, 0.1) is 0 Å². The summed E-state index contributed by atoms with van der Waals surface area (Å²) >= 11 is 0. The van der Waals surface area contributed by atoms with E-state index in [1.165, 1.54) is 0 Å². The molecule has 5 heteroatoms. The number of hydrogen-bond donors (Lipinski definition) is 2. The molecule has 74 valence electrons. The summed E-state index contributed by atoms with van der Waals surface area (Å²) in [5.74, 6) is 0.834.